The number of aromatic hydroxyl groups is 2. The number of pyridine rings is 1. The van der Waals surface area contributed by atoms with Crippen molar-refractivity contribution in [1.29, 1.82) is 0 Å². The van der Waals surface area contributed by atoms with Crippen molar-refractivity contribution < 1.29 is 19.7 Å². The highest BCUT2D eigenvalue weighted by atomic mass is 16.5. The van der Waals surface area contributed by atoms with E-state index < -0.39 is 0 Å². The summed E-state index contributed by atoms with van der Waals surface area (Å²) in [6.45, 7) is 0. The second-order valence-corrected chi connectivity index (χ2v) is 8.24. The van der Waals surface area contributed by atoms with Crippen LogP contribution in [0.5, 0.6) is 23.0 Å². The lowest BCUT2D eigenvalue weighted by molar-refractivity contribution is 0.373. The van der Waals surface area contributed by atoms with Gasteiger partial charge in [-0.2, -0.15) is 0 Å². The van der Waals surface area contributed by atoms with E-state index in [1.165, 1.54) is 5.56 Å². The molecule has 0 atom stereocenters. The Morgan fingerprint density at radius 3 is 2.21 bits per heavy atom. The summed E-state index contributed by atoms with van der Waals surface area (Å²) in [5.74, 6) is 1.11. The Kier molecular flexibility index (Phi) is 5.68. The Morgan fingerprint density at radius 1 is 0.765 bits per heavy atom. The summed E-state index contributed by atoms with van der Waals surface area (Å²) in [4.78, 5) is 5.08. The highest BCUT2D eigenvalue weighted by Gasteiger charge is 2.24. The molecule has 0 unspecified atom stereocenters. The number of hydrogen-bond acceptors (Lipinski definition) is 5. The van der Waals surface area contributed by atoms with Gasteiger partial charge in [-0.1, -0.05) is 42.5 Å². The minimum atomic E-state index is 0.113. The van der Waals surface area contributed by atoms with Crippen LogP contribution >= 0.6 is 0 Å². The van der Waals surface area contributed by atoms with Crippen molar-refractivity contribution in [2.75, 3.05) is 14.2 Å². The summed E-state index contributed by atoms with van der Waals surface area (Å²) >= 11 is 0. The predicted octanol–water partition coefficient (Wildman–Crippen LogP) is 6.33. The standard InChI is InChI=1S/C29H25NO4/c1-33-27-15-18(8-12-25(27)31)14-21-9-11-22-23(20-10-13-26(32)28(16-20)34-2)17-24(30-29(21)22)19-6-4-3-5-7-19/h3-8,10,12-17,31-32H,9,11H2,1-2H3/b21-14+. The maximum Gasteiger partial charge on any atom is 0.161 e. The molecule has 1 aliphatic rings. The zero-order valence-corrected chi connectivity index (χ0v) is 19.1. The fourth-order valence-corrected chi connectivity index (χ4v) is 4.45. The van der Waals surface area contributed by atoms with Crippen LogP contribution < -0.4 is 9.47 Å². The van der Waals surface area contributed by atoms with Gasteiger partial charge in [0.05, 0.1) is 25.6 Å². The fourth-order valence-electron chi connectivity index (χ4n) is 4.45. The first-order valence-corrected chi connectivity index (χ1v) is 11.1. The second-order valence-electron chi connectivity index (χ2n) is 8.24. The number of phenols is 2. The summed E-state index contributed by atoms with van der Waals surface area (Å²) in [5.41, 5.74) is 8.18. The number of benzene rings is 3. The third-order valence-electron chi connectivity index (χ3n) is 6.18. The second kappa shape index (κ2) is 8.94. The lowest BCUT2D eigenvalue weighted by Gasteiger charge is -2.14. The first kappa shape index (κ1) is 21.6. The van der Waals surface area contributed by atoms with Gasteiger partial charge in [0.1, 0.15) is 0 Å². The number of ether oxygens (including phenoxy) is 2. The van der Waals surface area contributed by atoms with Gasteiger partial charge in [0.2, 0.25) is 0 Å². The monoisotopic (exact) mass is 451 g/mol. The fraction of sp³-hybridized carbons (Fsp3) is 0.138. The van der Waals surface area contributed by atoms with E-state index in [1.807, 2.05) is 42.5 Å². The Bertz CT molecular complexity index is 1390. The number of hydrogen-bond donors (Lipinski definition) is 2. The number of phenolic OH excluding ortho intramolecular Hbond substituents is 2. The van der Waals surface area contributed by atoms with Crippen molar-refractivity contribution in [3.63, 3.8) is 0 Å². The van der Waals surface area contributed by atoms with E-state index in [0.717, 1.165) is 52.1 Å². The Morgan fingerprint density at radius 2 is 1.47 bits per heavy atom. The maximum absolute atomic E-state index is 10.1. The van der Waals surface area contributed by atoms with E-state index in [2.05, 4.69) is 24.3 Å². The molecule has 170 valence electrons. The zero-order chi connectivity index (χ0) is 23.7. The zero-order valence-electron chi connectivity index (χ0n) is 19.1. The van der Waals surface area contributed by atoms with Crippen molar-refractivity contribution >= 4 is 11.6 Å². The van der Waals surface area contributed by atoms with Crippen molar-refractivity contribution in [3.05, 3.63) is 89.6 Å². The highest BCUT2D eigenvalue weighted by Crippen LogP contribution is 2.42. The van der Waals surface area contributed by atoms with Crippen LogP contribution in [0.3, 0.4) is 0 Å². The SMILES string of the molecule is COc1cc(/C=C2\CCc3c(-c4ccc(O)c(OC)c4)cc(-c4ccccc4)nc32)ccc1O. The largest absolute Gasteiger partial charge is 0.504 e. The van der Waals surface area contributed by atoms with Gasteiger partial charge in [-0.15, -0.1) is 0 Å². The maximum atomic E-state index is 10.1. The molecule has 1 heterocycles. The van der Waals surface area contributed by atoms with Gasteiger partial charge in [0.15, 0.2) is 23.0 Å². The Balaban J connectivity index is 1.69. The summed E-state index contributed by atoms with van der Waals surface area (Å²) < 4.78 is 10.6. The van der Waals surface area contributed by atoms with Gasteiger partial charge < -0.3 is 19.7 Å². The van der Waals surface area contributed by atoms with Crippen LogP contribution in [-0.4, -0.2) is 29.4 Å². The van der Waals surface area contributed by atoms with E-state index in [-0.39, 0.29) is 11.5 Å². The van der Waals surface area contributed by atoms with E-state index in [0.29, 0.717) is 11.5 Å². The van der Waals surface area contributed by atoms with Gasteiger partial charge in [-0.3, -0.25) is 0 Å². The smallest absolute Gasteiger partial charge is 0.161 e. The Hall–Kier alpha value is -4.25. The molecule has 0 saturated carbocycles. The first-order valence-electron chi connectivity index (χ1n) is 11.1. The number of rotatable bonds is 5. The molecule has 5 heteroatoms. The minimum Gasteiger partial charge on any atom is -0.504 e. The third kappa shape index (κ3) is 3.97. The van der Waals surface area contributed by atoms with E-state index >= 15 is 0 Å². The van der Waals surface area contributed by atoms with Gasteiger partial charge in [-0.05, 0) is 77.1 Å². The van der Waals surface area contributed by atoms with Gasteiger partial charge in [-0.25, -0.2) is 4.98 Å². The lowest BCUT2D eigenvalue weighted by Crippen LogP contribution is -1.96. The molecule has 0 spiro atoms. The molecule has 5 rings (SSSR count). The van der Waals surface area contributed by atoms with Gasteiger partial charge >= 0.3 is 0 Å². The van der Waals surface area contributed by atoms with Gasteiger partial charge in [0.25, 0.3) is 0 Å². The quantitative estimate of drug-likeness (QED) is 0.371. The molecule has 2 N–H and O–H groups in total. The average Bonchev–Trinajstić information content (AvgIpc) is 3.28. The number of aromatic nitrogens is 1. The van der Waals surface area contributed by atoms with Crippen LogP contribution in [-0.2, 0) is 6.42 Å². The molecule has 0 bridgehead atoms. The molecule has 0 amide bonds. The average molecular weight is 452 g/mol. The highest BCUT2D eigenvalue weighted by molar-refractivity contribution is 5.89. The number of fused-ring (bicyclic) bond motifs is 1. The van der Waals surface area contributed by atoms with Crippen molar-refractivity contribution in [3.8, 4) is 45.4 Å². The molecule has 34 heavy (non-hydrogen) atoms. The molecule has 0 aliphatic heterocycles. The van der Waals surface area contributed by atoms with Crippen molar-refractivity contribution in [1.82, 2.24) is 4.98 Å². The van der Waals surface area contributed by atoms with E-state index in [1.54, 1.807) is 26.4 Å². The molecular formula is C29H25NO4. The van der Waals surface area contributed by atoms with Crippen molar-refractivity contribution in [2.45, 2.75) is 12.8 Å². The molecule has 0 radical (unpaired) electrons. The third-order valence-corrected chi connectivity index (χ3v) is 6.18. The van der Waals surface area contributed by atoms with Crippen LogP contribution in [0.25, 0.3) is 34.0 Å². The van der Waals surface area contributed by atoms with Crippen LogP contribution in [0.4, 0.5) is 0 Å². The lowest BCUT2D eigenvalue weighted by atomic mass is 9.96. The first-order chi connectivity index (χ1) is 16.6. The number of nitrogens with zero attached hydrogens (tertiary/aromatic N) is 1. The molecule has 1 aromatic heterocycles. The van der Waals surface area contributed by atoms with Crippen LogP contribution in [0.15, 0.2) is 72.8 Å². The number of methoxy groups -OCH3 is 2. The minimum absolute atomic E-state index is 0.113. The normalized spacial score (nSPS) is 13.6. The predicted molar refractivity (Wildman–Crippen MR) is 134 cm³/mol. The summed E-state index contributed by atoms with van der Waals surface area (Å²) in [6, 6.07) is 23.0. The van der Waals surface area contributed by atoms with Crippen LogP contribution in [0.2, 0.25) is 0 Å². The van der Waals surface area contributed by atoms with Crippen molar-refractivity contribution in [2.24, 2.45) is 0 Å². The van der Waals surface area contributed by atoms with Gasteiger partial charge in [0, 0.05) is 5.56 Å². The molecule has 0 fully saturated rings. The molecule has 5 nitrogen and oxygen atoms in total. The number of allylic oxidation sites excluding steroid dienone is 1. The topological polar surface area (TPSA) is 71.8 Å². The van der Waals surface area contributed by atoms with Crippen LogP contribution in [0.1, 0.15) is 23.2 Å². The summed E-state index contributed by atoms with van der Waals surface area (Å²) in [5, 5.41) is 20.1. The molecule has 4 aromatic rings. The summed E-state index contributed by atoms with van der Waals surface area (Å²) in [6.07, 6.45) is 3.82. The molecule has 1 aliphatic carbocycles. The van der Waals surface area contributed by atoms with Crippen LogP contribution in [0, 0.1) is 0 Å². The molecule has 3 aromatic carbocycles. The molecule has 0 saturated heterocycles. The van der Waals surface area contributed by atoms with E-state index in [4.69, 9.17) is 14.5 Å². The van der Waals surface area contributed by atoms with E-state index in [9.17, 15) is 10.2 Å². The molecular weight excluding hydrogens is 426 g/mol. The Labute approximate surface area is 198 Å². The summed E-state index contributed by atoms with van der Waals surface area (Å²) in [7, 11) is 3.10.